The molecule has 1 aliphatic rings. The third-order valence-electron chi connectivity index (χ3n) is 6.09. The standard InChI is InChI=1S/C25H30ClFN4O3S/c1-15(2)23-28-29-24(31(23)17-10-11-34-14-17)19-12-20(26)21(27)13-22(19)30-35(32,33)18-8-6-16(7-9-18)25(3,4)5/h6-9,12-13,15,17,30H,10-11,14H2,1-5H3. The van der Waals surface area contributed by atoms with E-state index in [4.69, 9.17) is 16.3 Å². The Hall–Kier alpha value is -2.49. The minimum absolute atomic E-state index is 0.0179. The molecule has 1 saturated heterocycles. The Labute approximate surface area is 210 Å². The molecule has 1 atom stereocenters. The van der Waals surface area contributed by atoms with E-state index in [0.717, 1.165) is 23.9 Å². The predicted molar refractivity (Wildman–Crippen MR) is 135 cm³/mol. The van der Waals surface area contributed by atoms with Gasteiger partial charge in [0, 0.05) is 24.2 Å². The summed E-state index contributed by atoms with van der Waals surface area (Å²) in [4.78, 5) is 0.0698. The monoisotopic (exact) mass is 520 g/mol. The zero-order chi connectivity index (χ0) is 25.5. The maximum atomic E-state index is 14.5. The van der Waals surface area contributed by atoms with E-state index in [1.165, 1.54) is 6.07 Å². The SMILES string of the molecule is CC(C)c1nnc(-c2cc(Cl)c(F)cc2NS(=O)(=O)c2ccc(C(C)(C)C)cc2)n1C1CCOC1. The van der Waals surface area contributed by atoms with Crippen molar-refractivity contribution in [3.05, 3.63) is 58.6 Å². The summed E-state index contributed by atoms with van der Waals surface area (Å²) >= 11 is 6.13. The Morgan fingerprint density at radius 1 is 1.17 bits per heavy atom. The van der Waals surface area contributed by atoms with Crippen molar-refractivity contribution in [2.24, 2.45) is 0 Å². The first-order chi connectivity index (χ1) is 16.4. The number of halogens is 2. The lowest BCUT2D eigenvalue weighted by Gasteiger charge is -2.20. The van der Waals surface area contributed by atoms with Crippen LogP contribution in [0, 0.1) is 5.82 Å². The zero-order valence-electron chi connectivity index (χ0n) is 20.5. The van der Waals surface area contributed by atoms with Crippen LogP contribution in [0.5, 0.6) is 0 Å². The lowest BCUT2D eigenvalue weighted by molar-refractivity contribution is 0.186. The molecule has 1 aliphatic heterocycles. The molecular formula is C25H30ClFN4O3S. The van der Waals surface area contributed by atoms with Crippen LogP contribution in [0.15, 0.2) is 41.3 Å². The van der Waals surface area contributed by atoms with Crippen molar-refractivity contribution in [2.45, 2.75) is 63.3 Å². The Morgan fingerprint density at radius 2 is 1.86 bits per heavy atom. The number of sulfonamides is 1. The highest BCUT2D eigenvalue weighted by molar-refractivity contribution is 7.92. The molecule has 4 rings (SSSR count). The second-order valence-electron chi connectivity index (χ2n) is 10.1. The minimum atomic E-state index is -4.02. The number of hydrogen-bond donors (Lipinski definition) is 1. The normalized spacial score (nSPS) is 16.7. The minimum Gasteiger partial charge on any atom is -0.379 e. The van der Waals surface area contributed by atoms with Crippen LogP contribution in [-0.2, 0) is 20.2 Å². The third-order valence-corrected chi connectivity index (χ3v) is 7.76. The van der Waals surface area contributed by atoms with E-state index < -0.39 is 15.8 Å². The number of ether oxygens (including phenoxy) is 1. The smallest absolute Gasteiger partial charge is 0.261 e. The summed E-state index contributed by atoms with van der Waals surface area (Å²) in [7, 11) is -4.02. The quantitative estimate of drug-likeness (QED) is 0.436. The average molecular weight is 521 g/mol. The maximum absolute atomic E-state index is 14.5. The van der Waals surface area contributed by atoms with Gasteiger partial charge >= 0.3 is 0 Å². The van der Waals surface area contributed by atoms with Crippen LogP contribution in [0.2, 0.25) is 5.02 Å². The predicted octanol–water partition coefficient (Wildman–Crippen LogP) is 5.92. The van der Waals surface area contributed by atoms with Gasteiger partial charge in [-0.15, -0.1) is 10.2 Å². The van der Waals surface area contributed by atoms with E-state index in [1.807, 2.05) is 18.4 Å². The van der Waals surface area contributed by atoms with Crippen LogP contribution in [0.4, 0.5) is 10.1 Å². The second-order valence-corrected chi connectivity index (χ2v) is 12.2. The summed E-state index contributed by atoms with van der Waals surface area (Å²) in [5.41, 5.74) is 1.26. The Balaban J connectivity index is 1.80. The molecule has 0 bridgehead atoms. The topological polar surface area (TPSA) is 86.1 Å². The van der Waals surface area contributed by atoms with E-state index >= 15 is 0 Å². The number of hydrogen-bond acceptors (Lipinski definition) is 5. The lowest BCUT2D eigenvalue weighted by atomic mass is 9.87. The molecule has 2 aromatic carbocycles. The van der Waals surface area contributed by atoms with Crippen molar-refractivity contribution in [2.75, 3.05) is 17.9 Å². The molecule has 1 fully saturated rings. The third kappa shape index (κ3) is 5.22. The summed E-state index contributed by atoms with van der Waals surface area (Å²) in [6, 6.07) is 9.10. The van der Waals surface area contributed by atoms with E-state index in [0.29, 0.717) is 24.6 Å². The number of aromatic nitrogens is 3. The molecular weight excluding hydrogens is 491 g/mol. The molecule has 7 nitrogen and oxygen atoms in total. The first-order valence-corrected chi connectivity index (χ1v) is 13.4. The fourth-order valence-corrected chi connectivity index (χ4v) is 5.35. The zero-order valence-corrected chi connectivity index (χ0v) is 22.0. The molecule has 10 heteroatoms. The van der Waals surface area contributed by atoms with Gasteiger partial charge in [0.25, 0.3) is 10.0 Å². The van der Waals surface area contributed by atoms with Crippen LogP contribution in [0.3, 0.4) is 0 Å². The summed E-state index contributed by atoms with van der Waals surface area (Å²) in [5, 5.41) is 8.59. The number of benzene rings is 2. The molecule has 1 N–H and O–H groups in total. The van der Waals surface area contributed by atoms with Crippen molar-refractivity contribution in [3.8, 4) is 11.4 Å². The number of nitrogens with zero attached hydrogens (tertiary/aromatic N) is 3. The second kappa shape index (κ2) is 9.52. The van der Waals surface area contributed by atoms with Gasteiger partial charge in [-0.2, -0.15) is 0 Å². The summed E-state index contributed by atoms with van der Waals surface area (Å²) in [6.45, 7) is 11.2. The highest BCUT2D eigenvalue weighted by Crippen LogP contribution is 2.37. The molecule has 2 heterocycles. The first kappa shape index (κ1) is 25.6. The molecule has 188 valence electrons. The van der Waals surface area contributed by atoms with Gasteiger partial charge in [-0.3, -0.25) is 4.72 Å². The number of nitrogens with one attached hydrogen (secondary N) is 1. The largest absolute Gasteiger partial charge is 0.379 e. The van der Waals surface area contributed by atoms with Gasteiger partial charge in [0.1, 0.15) is 11.6 Å². The van der Waals surface area contributed by atoms with Crippen molar-refractivity contribution < 1.29 is 17.5 Å². The molecule has 35 heavy (non-hydrogen) atoms. The van der Waals surface area contributed by atoms with Crippen molar-refractivity contribution in [1.82, 2.24) is 14.8 Å². The van der Waals surface area contributed by atoms with Gasteiger partial charge in [-0.25, -0.2) is 12.8 Å². The van der Waals surface area contributed by atoms with Gasteiger partial charge in [0.2, 0.25) is 0 Å². The number of rotatable bonds is 6. The molecule has 1 aromatic heterocycles. The summed E-state index contributed by atoms with van der Waals surface area (Å²) in [6.07, 6.45) is 0.765. The van der Waals surface area contributed by atoms with Gasteiger partial charge in [0.15, 0.2) is 5.82 Å². The molecule has 3 aromatic rings. The highest BCUT2D eigenvalue weighted by atomic mass is 35.5. The van der Waals surface area contributed by atoms with E-state index in [9.17, 15) is 12.8 Å². The molecule has 0 saturated carbocycles. The van der Waals surface area contributed by atoms with Gasteiger partial charge < -0.3 is 9.30 Å². The Kier molecular flexibility index (Phi) is 6.96. The van der Waals surface area contributed by atoms with Crippen LogP contribution < -0.4 is 4.72 Å². The van der Waals surface area contributed by atoms with Crippen LogP contribution in [0.25, 0.3) is 11.4 Å². The van der Waals surface area contributed by atoms with Crippen molar-refractivity contribution >= 4 is 27.3 Å². The van der Waals surface area contributed by atoms with Gasteiger partial charge in [-0.1, -0.05) is 58.4 Å². The van der Waals surface area contributed by atoms with E-state index in [1.54, 1.807) is 24.3 Å². The fourth-order valence-electron chi connectivity index (χ4n) is 4.12. The Morgan fingerprint density at radius 3 is 2.43 bits per heavy atom. The van der Waals surface area contributed by atoms with Gasteiger partial charge in [-0.05, 0) is 35.6 Å². The average Bonchev–Trinajstić information content (AvgIpc) is 3.45. The maximum Gasteiger partial charge on any atom is 0.261 e. The van der Waals surface area contributed by atoms with Crippen LogP contribution >= 0.6 is 11.6 Å². The Bertz CT molecular complexity index is 1330. The molecule has 1 unspecified atom stereocenters. The molecule has 0 spiro atoms. The summed E-state index contributed by atoms with van der Waals surface area (Å²) in [5.74, 6) is 0.471. The lowest BCUT2D eigenvalue weighted by Crippen LogP contribution is -2.17. The molecule has 0 aliphatic carbocycles. The fraction of sp³-hybridized carbons (Fsp3) is 0.440. The highest BCUT2D eigenvalue weighted by Gasteiger charge is 2.29. The molecule has 0 radical (unpaired) electrons. The first-order valence-electron chi connectivity index (χ1n) is 11.5. The number of anilines is 1. The van der Waals surface area contributed by atoms with E-state index in [2.05, 4.69) is 35.7 Å². The van der Waals surface area contributed by atoms with E-state index in [-0.39, 0.29) is 33.0 Å². The van der Waals surface area contributed by atoms with Crippen molar-refractivity contribution in [3.63, 3.8) is 0 Å². The van der Waals surface area contributed by atoms with Crippen LogP contribution in [0.1, 0.15) is 64.4 Å². The van der Waals surface area contributed by atoms with Gasteiger partial charge in [0.05, 0.1) is 28.3 Å². The van der Waals surface area contributed by atoms with Crippen LogP contribution in [-0.4, -0.2) is 36.4 Å². The summed E-state index contributed by atoms with van der Waals surface area (Å²) < 4.78 is 51.2. The van der Waals surface area contributed by atoms with Crippen molar-refractivity contribution in [1.29, 1.82) is 0 Å². The molecule has 0 amide bonds.